The Hall–Kier alpha value is -4.00. The number of nitrogens with zero attached hydrogens (tertiary/aromatic N) is 3. The summed E-state index contributed by atoms with van der Waals surface area (Å²) in [6.07, 6.45) is 2.03. The molecule has 148 valence electrons. The van der Waals surface area contributed by atoms with Gasteiger partial charge in [-0.05, 0) is 41.5 Å². The van der Waals surface area contributed by atoms with Crippen molar-refractivity contribution in [3.05, 3.63) is 101 Å². The number of carbonyl (C=O) groups is 2. The fourth-order valence-electron chi connectivity index (χ4n) is 3.66. The van der Waals surface area contributed by atoms with E-state index in [-0.39, 0.29) is 24.5 Å². The summed E-state index contributed by atoms with van der Waals surface area (Å²) < 4.78 is 7.41. The molecule has 1 aliphatic rings. The molecule has 0 fully saturated rings. The number of rotatable bonds is 4. The summed E-state index contributed by atoms with van der Waals surface area (Å²) in [5.41, 5.74) is 3.46. The molecule has 2 aromatic heterocycles. The summed E-state index contributed by atoms with van der Waals surface area (Å²) in [5, 5.41) is 11.1. The van der Waals surface area contributed by atoms with Gasteiger partial charge in [0, 0.05) is 18.2 Å². The Labute approximate surface area is 172 Å². The molecular weight excluding hydrogens is 380 g/mol. The number of cyclic esters (lactones) is 1. The van der Waals surface area contributed by atoms with Gasteiger partial charge in [0.15, 0.2) is 11.5 Å². The van der Waals surface area contributed by atoms with E-state index in [2.05, 4.69) is 15.5 Å². The van der Waals surface area contributed by atoms with Crippen LogP contribution < -0.4 is 5.32 Å². The zero-order valence-corrected chi connectivity index (χ0v) is 16.0. The van der Waals surface area contributed by atoms with Gasteiger partial charge in [0.05, 0.1) is 12.1 Å². The molecule has 1 atom stereocenters. The Kier molecular flexibility index (Phi) is 4.48. The van der Waals surface area contributed by atoms with Crippen LogP contribution in [0.25, 0.3) is 5.65 Å². The number of pyridine rings is 1. The highest BCUT2D eigenvalue weighted by Gasteiger charge is 2.28. The Morgan fingerprint density at radius 1 is 1.07 bits per heavy atom. The van der Waals surface area contributed by atoms with Crippen molar-refractivity contribution in [3.8, 4) is 0 Å². The van der Waals surface area contributed by atoms with Crippen LogP contribution in [0.3, 0.4) is 0 Å². The lowest BCUT2D eigenvalue weighted by Gasteiger charge is -2.25. The zero-order valence-electron chi connectivity index (χ0n) is 16.0. The molecule has 7 nitrogen and oxygen atoms in total. The molecule has 1 amide bonds. The fourth-order valence-corrected chi connectivity index (χ4v) is 3.66. The van der Waals surface area contributed by atoms with Crippen LogP contribution in [0.2, 0.25) is 0 Å². The van der Waals surface area contributed by atoms with Gasteiger partial charge in [0.1, 0.15) is 6.10 Å². The third kappa shape index (κ3) is 3.30. The highest BCUT2D eigenvalue weighted by molar-refractivity contribution is 5.97. The topological polar surface area (TPSA) is 85.6 Å². The summed E-state index contributed by atoms with van der Waals surface area (Å²) in [6.45, 7) is 0.246. The summed E-state index contributed by atoms with van der Waals surface area (Å²) in [5.74, 6) is 0.0392. The standard InChI is InChI=1S/C23H18N4O3/c28-22(24-14-21-26-25-20-8-4-5-11-27(20)21)16-9-10-18-17(12-16)13-19(30-23(18)29)15-6-2-1-3-7-15/h1-12,19H,13-14H2,(H,24,28)/t19-/m1/s1. The first-order valence-electron chi connectivity index (χ1n) is 9.65. The summed E-state index contributed by atoms with van der Waals surface area (Å²) in [7, 11) is 0. The van der Waals surface area contributed by atoms with Crippen molar-refractivity contribution in [3.63, 3.8) is 0 Å². The molecule has 0 saturated heterocycles. The van der Waals surface area contributed by atoms with E-state index in [0.29, 0.717) is 23.4 Å². The Morgan fingerprint density at radius 3 is 2.77 bits per heavy atom. The van der Waals surface area contributed by atoms with E-state index in [1.54, 1.807) is 18.2 Å². The third-order valence-corrected chi connectivity index (χ3v) is 5.20. The molecule has 0 unspecified atom stereocenters. The van der Waals surface area contributed by atoms with Crippen LogP contribution in [0.15, 0.2) is 72.9 Å². The lowest BCUT2D eigenvalue weighted by molar-refractivity contribution is 0.0252. The monoisotopic (exact) mass is 398 g/mol. The number of benzene rings is 2. The maximum atomic E-state index is 12.7. The number of hydrogen-bond acceptors (Lipinski definition) is 5. The SMILES string of the molecule is O=C(NCc1nnc2ccccn12)c1ccc2c(c1)C[C@H](c1ccccc1)OC2=O. The first kappa shape index (κ1) is 18.1. The van der Waals surface area contributed by atoms with Crippen molar-refractivity contribution in [2.45, 2.75) is 19.1 Å². The Balaban J connectivity index is 1.34. The smallest absolute Gasteiger partial charge is 0.339 e. The van der Waals surface area contributed by atoms with E-state index >= 15 is 0 Å². The van der Waals surface area contributed by atoms with E-state index in [9.17, 15) is 9.59 Å². The van der Waals surface area contributed by atoms with E-state index in [1.165, 1.54) is 0 Å². The molecule has 3 heterocycles. The molecule has 2 aromatic carbocycles. The van der Waals surface area contributed by atoms with Crippen LogP contribution in [0.4, 0.5) is 0 Å². The number of amides is 1. The summed E-state index contributed by atoms with van der Waals surface area (Å²) in [6, 6.07) is 20.3. The molecule has 1 aliphatic heterocycles. The fraction of sp³-hybridized carbons (Fsp3) is 0.130. The minimum atomic E-state index is -0.369. The predicted octanol–water partition coefficient (Wildman–Crippen LogP) is 3.11. The second-order valence-electron chi connectivity index (χ2n) is 7.11. The van der Waals surface area contributed by atoms with Gasteiger partial charge in [0.25, 0.3) is 5.91 Å². The van der Waals surface area contributed by atoms with Crippen LogP contribution in [0, 0.1) is 0 Å². The lowest BCUT2D eigenvalue weighted by atomic mass is 9.93. The molecule has 0 aliphatic carbocycles. The highest BCUT2D eigenvalue weighted by Crippen LogP contribution is 2.31. The molecule has 0 saturated carbocycles. The van der Waals surface area contributed by atoms with Crippen LogP contribution >= 0.6 is 0 Å². The van der Waals surface area contributed by atoms with E-state index in [1.807, 2.05) is 59.1 Å². The Bertz CT molecular complexity index is 1250. The number of aromatic nitrogens is 3. The van der Waals surface area contributed by atoms with Crippen molar-refractivity contribution in [2.75, 3.05) is 0 Å². The van der Waals surface area contributed by atoms with Crippen molar-refractivity contribution in [1.29, 1.82) is 0 Å². The normalized spacial score (nSPS) is 15.5. The minimum Gasteiger partial charge on any atom is -0.454 e. The zero-order chi connectivity index (χ0) is 20.5. The van der Waals surface area contributed by atoms with Gasteiger partial charge in [-0.3, -0.25) is 9.20 Å². The maximum Gasteiger partial charge on any atom is 0.339 e. The Morgan fingerprint density at radius 2 is 1.90 bits per heavy atom. The molecule has 1 N–H and O–H groups in total. The summed E-state index contributed by atoms with van der Waals surface area (Å²) in [4.78, 5) is 25.1. The number of nitrogens with one attached hydrogen (secondary N) is 1. The predicted molar refractivity (Wildman–Crippen MR) is 109 cm³/mol. The third-order valence-electron chi connectivity index (χ3n) is 5.20. The molecule has 4 aromatic rings. The van der Waals surface area contributed by atoms with Crippen LogP contribution in [0.1, 0.15) is 43.8 Å². The average molecular weight is 398 g/mol. The number of hydrogen-bond donors (Lipinski definition) is 1. The van der Waals surface area contributed by atoms with Gasteiger partial charge < -0.3 is 10.1 Å². The second kappa shape index (κ2) is 7.44. The van der Waals surface area contributed by atoms with Crippen molar-refractivity contribution in [2.24, 2.45) is 0 Å². The van der Waals surface area contributed by atoms with Gasteiger partial charge in [0.2, 0.25) is 0 Å². The first-order chi connectivity index (χ1) is 14.7. The number of esters is 1. The second-order valence-corrected chi connectivity index (χ2v) is 7.11. The quantitative estimate of drug-likeness (QED) is 0.534. The van der Waals surface area contributed by atoms with Gasteiger partial charge in [-0.15, -0.1) is 10.2 Å². The number of ether oxygens (including phenoxy) is 1. The van der Waals surface area contributed by atoms with E-state index < -0.39 is 0 Å². The van der Waals surface area contributed by atoms with Gasteiger partial charge in [-0.2, -0.15) is 0 Å². The van der Waals surface area contributed by atoms with Crippen molar-refractivity contribution < 1.29 is 14.3 Å². The highest BCUT2D eigenvalue weighted by atomic mass is 16.5. The van der Waals surface area contributed by atoms with Gasteiger partial charge in [-0.25, -0.2) is 4.79 Å². The molecule has 0 radical (unpaired) electrons. The largest absolute Gasteiger partial charge is 0.454 e. The van der Waals surface area contributed by atoms with Crippen LogP contribution in [-0.2, 0) is 17.7 Å². The molecule has 30 heavy (non-hydrogen) atoms. The van der Waals surface area contributed by atoms with Crippen LogP contribution in [-0.4, -0.2) is 26.5 Å². The minimum absolute atomic E-state index is 0.235. The number of carbonyl (C=O) groups excluding carboxylic acids is 2. The summed E-state index contributed by atoms with van der Waals surface area (Å²) >= 11 is 0. The van der Waals surface area contributed by atoms with Gasteiger partial charge in [-0.1, -0.05) is 36.4 Å². The van der Waals surface area contributed by atoms with Crippen LogP contribution in [0.5, 0.6) is 0 Å². The first-order valence-corrected chi connectivity index (χ1v) is 9.65. The van der Waals surface area contributed by atoms with E-state index in [4.69, 9.17) is 4.74 Å². The molecule has 5 rings (SSSR count). The molecule has 0 spiro atoms. The molecule has 0 bridgehead atoms. The average Bonchev–Trinajstić information content (AvgIpc) is 3.21. The molecular formula is C23H18N4O3. The van der Waals surface area contributed by atoms with E-state index in [0.717, 1.165) is 16.8 Å². The lowest BCUT2D eigenvalue weighted by Crippen LogP contribution is -2.26. The maximum absolute atomic E-state index is 12.7. The van der Waals surface area contributed by atoms with Crippen molar-refractivity contribution in [1.82, 2.24) is 19.9 Å². The number of fused-ring (bicyclic) bond motifs is 2. The molecule has 7 heteroatoms. The van der Waals surface area contributed by atoms with Crippen molar-refractivity contribution >= 4 is 17.5 Å². The van der Waals surface area contributed by atoms with Gasteiger partial charge >= 0.3 is 5.97 Å².